The van der Waals surface area contributed by atoms with Crippen LogP contribution in [0.5, 0.6) is 0 Å². The van der Waals surface area contributed by atoms with E-state index in [1.807, 2.05) is 54.6 Å². The molecular weight excluding hydrogens is 668 g/mol. The predicted molar refractivity (Wildman–Crippen MR) is 192 cm³/mol. The largest absolute Gasteiger partial charge is 0.344 e. The number of sulfonamides is 1. The predicted octanol–water partition coefficient (Wildman–Crippen LogP) is 6.39. The summed E-state index contributed by atoms with van der Waals surface area (Å²) < 4.78 is 31.4. The number of halogens is 1. The van der Waals surface area contributed by atoms with Crippen LogP contribution in [0.4, 0.5) is 0 Å². The van der Waals surface area contributed by atoms with Gasteiger partial charge in [0.2, 0.25) is 5.91 Å². The molecule has 0 radical (unpaired) electrons. The fraction of sp³-hybridized carbons (Fsp3) is 0.333. The average Bonchev–Trinajstić information content (AvgIpc) is 3.45. The lowest BCUT2D eigenvalue weighted by molar-refractivity contribution is -0.130. The Labute approximate surface area is 293 Å². The number of thiol groups is 1. The number of hydrogen-bond acceptors (Lipinski definition) is 7. The van der Waals surface area contributed by atoms with E-state index >= 15 is 0 Å². The van der Waals surface area contributed by atoms with Crippen LogP contribution in [0.25, 0.3) is 11.1 Å². The summed E-state index contributed by atoms with van der Waals surface area (Å²) in [5.74, 6) is -1.74. The highest BCUT2D eigenvalue weighted by Crippen LogP contribution is 2.34. The number of nitrogens with zero attached hydrogens (tertiary/aromatic N) is 2. The number of nitrogens with one attached hydrogen (secondary N) is 2. The summed E-state index contributed by atoms with van der Waals surface area (Å²) in [5, 5.41) is 2.89. The fourth-order valence-electron chi connectivity index (χ4n) is 5.66. The second-order valence-electron chi connectivity index (χ2n) is 12.2. The molecule has 4 aromatic rings. The van der Waals surface area contributed by atoms with E-state index in [1.165, 1.54) is 6.07 Å². The SMILES string of the molecule is CCC(C)[C@H](c1ccc(-c2ccccc2S(=O)(=O)NC(=O)C(NC(=O)C(CS)Cc2ccccc2)C(C)C)cc1)n1cnc(Cl)c1C=O. The third-order valence-electron chi connectivity index (χ3n) is 8.52. The first kappa shape index (κ1) is 36.9. The van der Waals surface area contributed by atoms with Gasteiger partial charge >= 0.3 is 0 Å². The molecule has 2 N–H and O–H groups in total. The zero-order chi connectivity index (χ0) is 35.0. The molecule has 1 aromatic heterocycles. The molecule has 48 heavy (non-hydrogen) atoms. The van der Waals surface area contributed by atoms with Crippen LogP contribution in [0.3, 0.4) is 0 Å². The van der Waals surface area contributed by atoms with Gasteiger partial charge in [-0.1, -0.05) is 119 Å². The van der Waals surface area contributed by atoms with Crippen molar-refractivity contribution in [2.75, 3.05) is 5.75 Å². The van der Waals surface area contributed by atoms with Gasteiger partial charge in [-0.05, 0) is 41.0 Å². The summed E-state index contributed by atoms with van der Waals surface area (Å²) >= 11 is 10.5. The maximum atomic E-state index is 13.7. The van der Waals surface area contributed by atoms with Crippen LogP contribution >= 0.6 is 24.2 Å². The molecular formula is C36H41ClN4O5S2. The second-order valence-corrected chi connectivity index (χ2v) is 14.5. The van der Waals surface area contributed by atoms with E-state index < -0.39 is 33.8 Å². The summed E-state index contributed by atoms with van der Waals surface area (Å²) in [6.07, 6.45) is 3.49. The molecule has 4 atom stereocenters. The van der Waals surface area contributed by atoms with Crippen molar-refractivity contribution in [2.45, 2.75) is 57.5 Å². The highest BCUT2D eigenvalue weighted by Gasteiger charge is 2.32. The zero-order valence-electron chi connectivity index (χ0n) is 27.3. The van der Waals surface area contributed by atoms with E-state index in [1.54, 1.807) is 42.9 Å². The fourth-order valence-corrected chi connectivity index (χ4v) is 7.38. The number of carbonyl (C=O) groups excluding carboxylic acids is 3. The smallest absolute Gasteiger partial charge is 0.264 e. The number of amides is 2. The van der Waals surface area contributed by atoms with Crippen molar-refractivity contribution in [3.05, 3.63) is 107 Å². The molecule has 0 saturated carbocycles. The van der Waals surface area contributed by atoms with Crippen LogP contribution in [-0.2, 0) is 26.0 Å². The number of hydrogen-bond donors (Lipinski definition) is 3. The summed E-state index contributed by atoms with van der Waals surface area (Å²) in [5.41, 5.74) is 3.14. The lowest BCUT2D eigenvalue weighted by Crippen LogP contribution is -2.52. The topological polar surface area (TPSA) is 127 Å². The molecule has 3 unspecified atom stereocenters. The van der Waals surface area contributed by atoms with Crippen molar-refractivity contribution in [1.82, 2.24) is 19.6 Å². The van der Waals surface area contributed by atoms with Crippen molar-refractivity contribution < 1.29 is 22.8 Å². The number of carbonyl (C=O) groups is 3. The van der Waals surface area contributed by atoms with E-state index in [2.05, 4.69) is 41.5 Å². The summed E-state index contributed by atoms with van der Waals surface area (Å²) in [7, 11) is -4.35. The molecule has 254 valence electrons. The van der Waals surface area contributed by atoms with E-state index in [9.17, 15) is 22.8 Å². The number of aromatic nitrogens is 2. The van der Waals surface area contributed by atoms with Crippen LogP contribution in [0.2, 0.25) is 5.15 Å². The van der Waals surface area contributed by atoms with E-state index in [0.717, 1.165) is 17.5 Å². The van der Waals surface area contributed by atoms with Crippen molar-refractivity contribution in [3.63, 3.8) is 0 Å². The molecule has 4 rings (SSSR count). The van der Waals surface area contributed by atoms with Gasteiger partial charge in [-0.25, -0.2) is 18.1 Å². The minimum Gasteiger partial charge on any atom is -0.344 e. The minimum atomic E-state index is -4.35. The van der Waals surface area contributed by atoms with Crippen molar-refractivity contribution in [1.29, 1.82) is 0 Å². The highest BCUT2D eigenvalue weighted by atomic mass is 35.5. The molecule has 2 amide bonds. The Hall–Kier alpha value is -3.93. The van der Waals surface area contributed by atoms with Crippen LogP contribution in [-0.4, -0.2) is 47.9 Å². The van der Waals surface area contributed by atoms with E-state index in [-0.39, 0.29) is 39.4 Å². The van der Waals surface area contributed by atoms with Gasteiger partial charge in [-0.3, -0.25) is 14.4 Å². The van der Waals surface area contributed by atoms with Crippen LogP contribution in [0.15, 0.2) is 90.1 Å². The van der Waals surface area contributed by atoms with Gasteiger partial charge in [-0.2, -0.15) is 12.6 Å². The maximum Gasteiger partial charge on any atom is 0.264 e. The van der Waals surface area contributed by atoms with E-state index in [0.29, 0.717) is 23.8 Å². The van der Waals surface area contributed by atoms with Crippen LogP contribution < -0.4 is 10.0 Å². The summed E-state index contributed by atoms with van der Waals surface area (Å²) in [6, 6.07) is 21.9. The van der Waals surface area contributed by atoms with Gasteiger partial charge in [0.25, 0.3) is 15.9 Å². The third kappa shape index (κ3) is 8.56. The zero-order valence-corrected chi connectivity index (χ0v) is 29.8. The first-order valence-corrected chi connectivity index (χ1v) is 18.3. The molecule has 12 heteroatoms. The molecule has 1 heterocycles. The molecule has 0 bridgehead atoms. The Kier molecular flexibility index (Phi) is 12.6. The standard InChI is InChI=1S/C36H41ClN4O5S2/c1-5-24(4)33(41-22-38-34(37)30(41)20-42)27-17-15-26(16-18-27)29-13-9-10-14-31(29)48(45,46)40-36(44)32(23(2)3)39-35(43)28(21-47)19-25-11-7-6-8-12-25/h6-18,20,22-24,28,32-33,47H,5,19,21H2,1-4H3,(H,39,43)(H,40,44)/t24?,28?,32?,33-/m1/s1. The van der Waals surface area contributed by atoms with Crippen molar-refractivity contribution >= 4 is 52.4 Å². The maximum absolute atomic E-state index is 13.7. The normalized spacial score (nSPS) is 14.1. The Morgan fingerprint density at radius 3 is 2.21 bits per heavy atom. The van der Waals surface area contributed by atoms with Gasteiger partial charge in [0.05, 0.1) is 23.2 Å². The molecule has 0 aliphatic carbocycles. The van der Waals surface area contributed by atoms with Gasteiger partial charge in [0.15, 0.2) is 11.4 Å². The quantitative estimate of drug-likeness (QED) is 0.0971. The van der Waals surface area contributed by atoms with Gasteiger partial charge in [-0.15, -0.1) is 0 Å². The first-order chi connectivity index (χ1) is 22.9. The van der Waals surface area contributed by atoms with E-state index in [4.69, 9.17) is 11.6 Å². The minimum absolute atomic E-state index is 0.0830. The molecule has 3 aromatic carbocycles. The summed E-state index contributed by atoms with van der Waals surface area (Å²) in [6.45, 7) is 7.60. The molecule has 0 fully saturated rings. The Morgan fingerprint density at radius 1 is 0.958 bits per heavy atom. The monoisotopic (exact) mass is 708 g/mol. The molecule has 0 aliphatic heterocycles. The Bertz CT molecular complexity index is 1830. The lowest BCUT2D eigenvalue weighted by Gasteiger charge is -2.26. The molecule has 0 saturated heterocycles. The van der Waals surface area contributed by atoms with Gasteiger partial charge in [0.1, 0.15) is 11.7 Å². The number of aldehydes is 1. The molecule has 9 nitrogen and oxygen atoms in total. The molecule has 0 spiro atoms. The Morgan fingerprint density at radius 2 is 1.60 bits per heavy atom. The van der Waals surface area contributed by atoms with Crippen molar-refractivity contribution in [2.24, 2.45) is 17.8 Å². The Balaban J connectivity index is 1.57. The van der Waals surface area contributed by atoms with Crippen LogP contribution in [0.1, 0.15) is 61.8 Å². The average molecular weight is 709 g/mol. The summed E-state index contributed by atoms with van der Waals surface area (Å²) in [4.78, 5) is 42.5. The van der Waals surface area contributed by atoms with Crippen molar-refractivity contribution in [3.8, 4) is 11.1 Å². The lowest BCUT2D eigenvalue weighted by atomic mass is 9.91. The highest BCUT2D eigenvalue weighted by molar-refractivity contribution is 7.90. The van der Waals surface area contributed by atoms with Gasteiger partial charge < -0.3 is 9.88 Å². The second kappa shape index (κ2) is 16.5. The van der Waals surface area contributed by atoms with Gasteiger partial charge in [0, 0.05) is 11.3 Å². The molecule has 0 aliphatic rings. The van der Waals surface area contributed by atoms with Crippen LogP contribution in [0, 0.1) is 17.8 Å². The first-order valence-electron chi connectivity index (χ1n) is 15.8. The number of rotatable bonds is 15. The number of imidazole rings is 1. The number of benzene rings is 3. The third-order valence-corrected chi connectivity index (χ3v) is 10.7.